The molecule has 1 atom stereocenters. The summed E-state index contributed by atoms with van der Waals surface area (Å²) in [6.45, 7) is 10.1. The minimum Gasteiger partial charge on any atom is -0.481 e. The van der Waals surface area contributed by atoms with E-state index >= 15 is 0 Å². The molecule has 16 heavy (non-hydrogen) atoms. The maximum atomic E-state index is 9.60. The van der Waals surface area contributed by atoms with Crippen molar-refractivity contribution in [1.82, 2.24) is 0 Å². The van der Waals surface area contributed by atoms with E-state index in [4.69, 9.17) is 5.11 Å². The van der Waals surface area contributed by atoms with E-state index in [0.29, 0.717) is 6.42 Å². The van der Waals surface area contributed by atoms with Gasteiger partial charge in [0.05, 0.1) is 0 Å². The molecule has 0 spiro atoms. The van der Waals surface area contributed by atoms with E-state index in [-0.39, 0.29) is 0 Å². The minimum absolute atomic E-state index is 0.292. The van der Waals surface area contributed by atoms with Gasteiger partial charge in [-0.05, 0) is 25.2 Å². The second-order valence-electron chi connectivity index (χ2n) is 4.23. The van der Waals surface area contributed by atoms with Crippen LogP contribution in [-0.2, 0) is 4.79 Å². The molecule has 0 heterocycles. The number of rotatable bonds is 8. The van der Waals surface area contributed by atoms with Crippen LogP contribution in [0, 0.1) is 5.92 Å². The first-order chi connectivity index (χ1) is 7.58. The first kappa shape index (κ1) is 17.6. The van der Waals surface area contributed by atoms with Crippen LogP contribution in [0.15, 0.2) is 12.7 Å². The van der Waals surface area contributed by atoms with Crippen LogP contribution in [0.5, 0.6) is 0 Å². The molecule has 0 amide bonds. The van der Waals surface area contributed by atoms with Gasteiger partial charge in [0.25, 0.3) is 0 Å². The minimum atomic E-state index is -0.711. The predicted molar refractivity (Wildman–Crippen MR) is 70.7 cm³/mol. The second-order valence-corrected chi connectivity index (χ2v) is 4.23. The van der Waals surface area contributed by atoms with Gasteiger partial charge >= 0.3 is 5.97 Å². The summed E-state index contributed by atoms with van der Waals surface area (Å²) >= 11 is 0. The topological polar surface area (TPSA) is 37.3 Å². The van der Waals surface area contributed by atoms with E-state index in [1.807, 2.05) is 13.0 Å². The van der Waals surface area contributed by atoms with E-state index in [1.165, 1.54) is 32.1 Å². The molecule has 0 radical (unpaired) electrons. The molecule has 2 nitrogen and oxygen atoms in total. The van der Waals surface area contributed by atoms with Gasteiger partial charge < -0.3 is 5.11 Å². The first-order valence-electron chi connectivity index (χ1n) is 6.41. The molecule has 0 aromatic heterocycles. The molecule has 0 aliphatic rings. The van der Waals surface area contributed by atoms with E-state index in [2.05, 4.69) is 20.4 Å². The molecule has 0 aromatic carbocycles. The van der Waals surface area contributed by atoms with Gasteiger partial charge in [0.2, 0.25) is 0 Å². The summed E-state index contributed by atoms with van der Waals surface area (Å²) in [5.74, 6) is 0.210. The van der Waals surface area contributed by atoms with Crippen LogP contribution >= 0.6 is 0 Å². The lowest BCUT2D eigenvalue weighted by Crippen LogP contribution is -1.90. The summed E-state index contributed by atoms with van der Waals surface area (Å²) in [5, 5.41) is 7.91. The summed E-state index contributed by atoms with van der Waals surface area (Å²) in [4.78, 5) is 9.60. The first-order valence-corrected chi connectivity index (χ1v) is 6.41. The van der Waals surface area contributed by atoms with E-state index in [0.717, 1.165) is 12.3 Å². The number of carboxylic acid groups (broad SMARTS) is 1. The molecule has 0 aromatic rings. The Morgan fingerprint density at radius 1 is 1.38 bits per heavy atom. The molecule has 0 fully saturated rings. The highest BCUT2D eigenvalue weighted by atomic mass is 16.4. The lowest BCUT2D eigenvalue weighted by Gasteiger charge is -2.05. The zero-order valence-corrected chi connectivity index (χ0v) is 11.2. The van der Waals surface area contributed by atoms with Gasteiger partial charge in [0, 0.05) is 6.42 Å². The molecule has 1 N–H and O–H groups in total. The number of carbonyl (C=O) groups is 1. The Balaban J connectivity index is 0. The lowest BCUT2D eigenvalue weighted by molar-refractivity contribution is -0.137. The maximum Gasteiger partial charge on any atom is 0.303 e. The Bertz CT molecular complexity index is 164. The van der Waals surface area contributed by atoms with Gasteiger partial charge in [-0.3, -0.25) is 4.79 Å². The average molecular weight is 228 g/mol. The summed E-state index contributed by atoms with van der Waals surface area (Å²) in [7, 11) is 0. The van der Waals surface area contributed by atoms with Gasteiger partial charge in [-0.1, -0.05) is 46.1 Å². The number of unbranched alkanes of at least 4 members (excludes halogenated alkanes) is 2. The number of hydrogen-bond donors (Lipinski definition) is 1. The van der Waals surface area contributed by atoms with Gasteiger partial charge in [0.1, 0.15) is 0 Å². The van der Waals surface area contributed by atoms with Crippen molar-refractivity contribution < 1.29 is 9.90 Å². The number of allylic oxidation sites excluding steroid dienone is 1. The third-order valence-electron chi connectivity index (χ3n) is 2.52. The molecular formula is C14H28O2. The van der Waals surface area contributed by atoms with Crippen LogP contribution in [-0.4, -0.2) is 11.1 Å². The summed E-state index contributed by atoms with van der Waals surface area (Å²) < 4.78 is 0. The molecule has 0 rings (SSSR count). The van der Waals surface area contributed by atoms with Crippen LogP contribution in [0.1, 0.15) is 65.7 Å². The Kier molecular flexibility index (Phi) is 15.6. The monoisotopic (exact) mass is 228 g/mol. The molecule has 96 valence electrons. The van der Waals surface area contributed by atoms with Crippen molar-refractivity contribution in [3.05, 3.63) is 12.7 Å². The third-order valence-corrected chi connectivity index (χ3v) is 2.52. The Labute approximate surface area is 101 Å². The molecule has 1 unspecified atom stereocenters. The zero-order chi connectivity index (χ0) is 12.8. The van der Waals surface area contributed by atoms with Crippen LogP contribution in [0.3, 0.4) is 0 Å². The Morgan fingerprint density at radius 3 is 2.31 bits per heavy atom. The van der Waals surface area contributed by atoms with Gasteiger partial charge in [-0.2, -0.15) is 0 Å². The molecule has 0 aliphatic carbocycles. The lowest BCUT2D eigenvalue weighted by atomic mass is 10.0. The van der Waals surface area contributed by atoms with Gasteiger partial charge in [-0.15, -0.1) is 6.58 Å². The molecule has 0 saturated heterocycles. The highest BCUT2D eigenvalue weighted by molar-refractivity contribution is 5.66. The zero-order valence-electron chi connectivity index (χ0n) is 11.2. The number of aliphatic carboxylic acids is 1. The molecular weight excluding hydrogens is 200 g/mol. The molecule has 0 aliphatic heterocycles. The molecule has 0 bridgehead atoms. The van der Waals surface area contributed by atoms with Crippen molar-refractivity contribution in [2.45, 2.75) is 65.7 Å². The molecule has 2 heteroatoms. The SMILES string of the molecule is C=CCCCCC(C)CC.CCCC(=O)O. The second kappa shape index (κ2) is 14.2. The van der Waals surface area contributed by atoms with Crippen LogP contribution in [0.2, 0.25) is 0 Å². The van der Waals surface area contributed by atoms with Crippen LogP contribution in [0.4, 0.5) is 0 Å². The van der Waals surface area contributed by atoms with Crippen molar-refractivity contribution in [1.29, 1.82) is 0 Å². The van der Waals surface area contributed by atoms with Crippen molar-refractivity contribution in [3.8, 4) is 0 Å². The maximum absolute atomic E-state index is 9.60. The average Bonchev–Trinajstić information content (AvgIpc) is 2.24. The van der Waals surface area contributed by atoms with Crippen LogP contribution in [0.25, 0.3) is 0 Å². The fourth-order valence-electron chi connectivity index (χ4n) is 1.20. The third kappa shape index (κ3) is 18.9. The van der Waals surface area contributed by atoms with Crippen molar-refractivity contribution in [2.24, 2.45) is 5.92 Å². The smallest absolute Gasteiger partial charge is 0.303 e. The van der Waals surface area contributed by atoms with Crippen molar-refractivity contribution >= 4 is 5.97 Å². The normalized spacial score (nSPS) is 11.2. The van der Waals surface area contributed by atoms with Crippen LogP contribution < -0.4 is 0 Å². The Hall–Kier alpha value is -0.790. The summed E-state index contributed by atoms with van der Waals surface area (Å²) in [6, 6.07) is 0. The van der Waals surface area contributed by atoms with Crippen molar-refractivity contribution in [3.63, 3.8) is 0 Å². The quantitative estimate of drug-likeness (QED) is 0.485. The van der Waals surface area contributed by atoms with E-state index < -0.39 is 5.97 Å². The number of carboxylic acids is 1. The largest absolute Gasteiger partial charge is 0.481 e. The predicted octanol–water partition coefficient (Wildman–Crippen LogP) is 4.65. The van der Waals surface area contributed by atoms with E-state index in [1.54, 1.807) is 0 Å². The van der Waals surface area contributed by atoms with Crippen molar-refractivity contribution in [2.75, 3.05) is 0 Å². The van der Waals surface area contributed by atoms with Gasteiger partial charge in [-0.25, -0.2) is 0 Å². The summed E-state index contributed by atoms with van der Waals surface area (Å²) in [6.07, 6.45) is 9.65. The highest BCUT2D eigenvalue weighted by Gasteiger charge is 1.96. The fourth-order valence-corrected chi connectivity index (χ4v) is 1.20. The molecule has 0 saturated carbocycles. The Morgan fingerprint density at radius 2 is 2.00 bits per heavy atom. The number of hydrogen-bond acceptors (Lipinski definition) is 1. The van der Waals surface area contributed by atoms with E-state index in [9.17, 15) is 4.79 Å². The summed E-state index contributed by atoms with van der Waals surface area (Å²) in [5.41, 5.74) is 0. The highest BCUT2D eigenvalue weighted by Crippen LogP contribution is 2.11. The standard InChI is InChI=1S/C10H20.C4H8O2/c1-4-6-7-8-9-10(3)5-2;1-2-3-4(5)6/h4,10H,1,5-9H2,2-3H3;2-3H2,1H3,(H,5,6). The fraction of sp³-hybridized carbons (Fsp3) is 0.786. The van der Waals surface area contributed by atoms with Gasteiger partial charge in [0.15, 0.2) is 0 Å².